The van der Waals surface area contributed by atoms with Crippen molar-refractivity contribution in [2.45, 2.75) is 6.42 Å². The summed E-state index contributed by atoms with van der Waals surface area (Å²) in [5, 5.41) is 11.5. The third-order valence-corrected chi connectivity index (χ3v) is 3.75. The lowest BCUT2D eigenvalue weighted by Gasteiger charge is -2.08. The Bertz CT molecular complexity index is 837. The largest absolute Gasteiger partial charge is 0.497 e. The van der Waals surface area contributed by atoms with E-state index in [0.29, 0.717) is 12.0 Å². The number of benzene rings is 3. The molecule has 0 bridgehead atoms. The van der Waals surface area contributed by atoms with Gasteiger partial charge in [-0.2, -0.15) is 0 Å². The van der Waals surface area contributed by atoms with Gasteiger partial charge in [0.15, 0.2) is 0 Å². The van der Waals surface area contributed by atoms with Gasteiger partial charge in [0.2, 0.25) is 0 Å². The van der Waals surface area contributed by atoms with Gasteiger partial charge in [0.1, 0.15) is 5.75 Å². The molecule has 0 amide bonds. The maximum atomic E-state index is 11.3. The topological polar surface area (TPSA) is 46.5 Å². The first kappa shape index (κ1) is 14.1. The van der Waals surface area contributed by atoms with Gasteiger partial charge in [-0.05, 0) is 46.5 Å². The van der Waals surface area contributed by atoms with Gasteiger partial charge in [-0.3, -0.25) is 0 Å². The Hall–Kier alpha value is -2.81. The highest BCUT2D eigenvalue weighted by Gasteiger charge is 2.09. The highest BCUT2D eigenvalue weighted by molar-refractivity contribution is 5.89. The van der Waals surface area contributed by atoms with E-state index in [1.54, 1.807) is 19.2 Å². The number of aromatic carboxylic acids is 1. The van der Waals surface area contributed by atoms with Crippen LogP contribution >= 0.6 is 0 Å². The summed E-state index contributed by atoms with van der Waals surface area (Å²) in [7, 11) is 1.65. The zero-order chi connectivity index (χ0) is 15.5. The van der Waals surface area contributed by atoms with Crippen LogP contribution in [0.25, 0.3) is 10.8 Å². The van der Waals surface area contributed by atoms with E-state index in [9.17, 15) is 9.90 Å². The fraction of sp³-hybridized carbons (Fsp3) is 0.105. The molecule has 0 aliphatic rings. The van der Waals surface area contributed by atoms with Crippen LogP contribution in [-0.4, -0.2) is 18.2 Å². The molecular formula is C19H16O3. The van der Waals surface area contributed by atoms with Crippen molar-refractivity contribution in [1.82, 2.24) is 0 Å². The zero-order valence-corrected chi connectivity index (χ0v) is 12.2. The highest BCUT2D eigenvalue weighted by Crippen LogP contribution is 2.23. The predicted molar refractivity (Wildman–Crippen MR) is 86.7 cm³/mol. The third-order valence-electron chi connectivity index (χ3n) is 3.75. The molecule has 0 saturated heterocycles. The molecule has 110 valence electrons. The molecule has 0 radical (unpaired) electrons. The molecule has 1 N–H and O–H groups in total. The summed E-state index contributed by atoms with van der Waals surface area (Å²) < 4.78 is 5.22. The first-order valence-corrected chi connectivity index (χ1v) is 7.05. The van der Waals surface area contributed by atoms with Gasteiger partial charge in [0.05, 0.1) is 12.7 Å². The van der Waals surface area contributed by atoms with Crippen LogP contribution in [0, 0.1) is 0 Å². The second-order valence-corrected chi connectivity index (χ2v) is 5.19. The van der Waals surface area contributed by atoms with Crippen molar-refractivity contribution in [2.75, 3.05) is 7.11 Å². The highest BCUT2D eigenvalue weighted by atomic mass is 16.5. The van der Waals surface area contributed by atoms with Gasteiger partial charge in [0, 0.05) is 0 Å². The molecule has 0 aromatic heterocycles. The van der Waals surface area contributed by atoms with E-state index in [2.05, 4.69) is 6.07 Å². The number of fused-ring (bicyclic) bond motifs is 1. The molecule has 22 heavy (non-hydrogen) atoms. The molecule has 0 unspecified atom stereocenters. The van der Waals surface area contributed by atoms with Crippen LogP contribution in [-0.2, 0) is 6.42 Å². The van der Waals surface area contributed by atoms with Crippen molar-refractivity contribution in [1.29, 1.82) is 0 Å². The average Bonchev–Trinajstić information content (AvgIpc) is 2.54. The molecule has 3 aromatic rings. The Morgan fingerprint density at radius 2 is 1.73 bits per heavy atom. The fourth-order valence-electron chi connectivity index (χ4n) is 2.61. The Morgan fingerprint density at radius 1 is 1.00 bits per heavy atom. The average molecular weight is 292 g/mol. The Kier molecular flexibility index (Phi) is 3.79. The van der Waals surface area contributed by atoms with E-state index < -0.39 is 5.97 Å². The molecule has 0 saturated carbocycles. The number of carboxylic acids is 1. The summed E-state index contributed by atoms with van der Waals surface area (Å²) in [6.45, 7) is 0. The number of carboxylic acid groups (broad SMARTS) is 1. The van der Waals surface area contributed by atoms with E-state index in [1.807, 2.05) is 42.5 Å². The van der Waals surface area contributed by atoms with Gasteiger partial charge in [-0.15, -0.1) is 0 Å². The molecule has 3 rings (SSSR count). The van der Waals surface area contributed by atoms with Crippen LogP contribution in [0.3, 0.4) is 0 Å². The van der Waals surface area contributed by atoms with Crippen molar-refractivity contribution in [3.8, 4) is 5.75 Å². The molecular weight excluding hydrogens is 276 g/mol. The van der Waals surface area contributed by atoms with Crippen LogP contribution in [0.2, 0.25) is 0 Å². The number of ether oxygens (including phenoxy) is 1. The fourth-order valence-corrected chi connectivity index (χ4v) is 2.61. The number of rotatable bonds is 4. The van der Waals surface area contributed by atoms with E-state index in [1.165, 1.54) is 0 Å². The lowest BCUT2D eigenvalue weighted by atomic mass is 9.98. The van der Waals surface area contributed by atoms with Crippen molar-refractivity contribution in [2.24, 2.45) is 0 Å². The van der Waals surface area contributed by atoms with Crippen LogP contribution < -0.4 is 4.74 Å². The first-order valence-electron chi connectivity index (χ1n) is 7.05. The van der Waals surface area contributed by atoms with Gasteiger partial charge in [-0.1, -0.05) is 42.5 Å². The molecule has 0 heterocycles. The molecule has 0 atom stereocenters. The minimum absolute atomic E-state index is 0.359. The number of methoxy groups -OCH3 is 1. The molecule has 0 aliphatic carbocycles. The monoisotopic (exact) mass is 292 g/mol. The summed E-state index contributed by atoms with van der Waals surface area (Å²) in [4.78, 5) is 11.3. The van der Waals surface area contributed by atoms with E-state index in [4.69, 9.17) is 4.74 Å². The van der Waals surface area contributed by atoms with E-state index in [0.717, 1.165) is 27.6 Å². The van der Waals surface area contributed by atoms with E-state index in [-0.39, 0.29) is 0 Å². The van der Waals surface area contributed by atoms with Crippen molar-refractivity contribution < 1.29 is 14.6 Å². The minimum Gasteiger partial charge on any atom is -0.497 e. The van der Waals surface area contributed by atoms with Gasteiger partial charge in [0.25, 0.3) is 0 Å². The number of hydrogen-bond acceptors (Lipinski definition) is 2. The Balaban J connectivity index is 1.96. The van der Waals surface area contributed by atoms with Crippen molar-refractivity contribution >= 4 is 16.7 Å². The molecule has 0 aliphatic heterocycles. The van der Waals surface area contributed by atoms with Gasteiger partial charge < -0.3 is 9.84 Å². The van der Waals surface area contributed by atoms with Crippen molar-refractivity contribution in [3.05, 3.63) is 77.4 Å². The SMILES string of the molecule is COc1ccc2cc(Cc3ccccc3C(=O)O)ccc2c1. The summed E-state index contributed by atoms with van der Waals surface area (Å²) >= 11 is 0. The predicted octanol–water partition coefficient (Wildman–Crippen LogP) is 4.14. The molecule has 3 aromatic carbocycles. The van der Waals surface area contributed by atoms with E-state index >= 15 is 0 Å². The first-order chi connectivity index (χ1) is 10.7. The molecule has 3 nitrogen and oxygen atoms in total. The lowest BCUT2D eigenvalue weighted by Crippen LogP contribution is -2.02. The Labute approximate surface area is 128 Å². The smallest absolute Gasteiger partial charge is 0.335 e. The minimum atomic E-state index is -0.888. The maximum Gasteiger partial charge on any atom is 0.335 e. The zero-order valence-electron chi connectivity index (χ0n) is 12.2. The summed E-state index contributed by atoms with van der Waals surface area (Å²) in [6.07, 6.45) is 0.602. The third kappa shape index (κ3) is 2.79. The summed E-state index contributed by atoms with van der Waals surface area (Å²) in [5.41, 5.74) is 2.27. The Morgan fingerprint density at radius 3 is 2.50 bits per heavy atom. The van der Waals surface area contributed by atoms with Gasteiger partial charge >= 0.3 is 5.97 Å². The normalized spacial score (nSPS) is 10.6. The maximum absolute atomic E-state index is 11.3. The lowest BCUT2D eigenvalue weighted by molar-refractivity contribution is 0.0696. The summed E-state index contributed by atoms with van der Waals surface area (Å²) in [5.74, 6) is -0.0578. The second kappa shape index (κ2) is 5.90. The van der Waals surface area contributed by atoms with Crippen molar-refractivity contribution in [3.63, 3.8) is 0 Å². The van der Waals surface area contributed by atoms with Crippen LogP contribution in [0.1, 0.15) is 21.5 Å². The standard InChI is InChI=1S/C19H16O3/c1-22-17-9-8-14-10-13(6-7-15(14)12-17)11-16-4-2-3-5-18(16)19(20)21/h2-10,12H,11H2,1H3,(H,20,21). The quantitative estimate of drug-likeness (QED) is 0.786. The molecule has 0 spiro atoms. The number of hydrogen-bond donors (Lipinski definition) is 1. The van der Waals surface area contributed by atoms with Crippen LogP contribution in [0.5, 0.6) is 5.75 Å². The summed E-state index contributed by atoms with van der Waals surface area (Å²) in [6, 6.07) is 19.2. The second-order valence-electron chi connectivity index (χ2n) is 5.19. The molecule has 0 fully saturated rings. The van der Waals surface area contributed by atoms with Crippen LogP contribution in [0.4, 0.5) is 0 Å². The van der Waals surface area contributed by atoms with Gasteiger partial charge in [-0.25, -0.2) is 4.79 Å². The van der Waals surface area contributed by atoms with Crippen LogP contribution in [0.15, 0.2) is 60.7 Å². The molecule has 3 heteroatoms. The number of carbonyl (C=O) groups is 1.